The number of fused-ring (bicyclic) bond motifs is 1. The van der Waals surface area contributed by atoms with Crippen molar-refractivity contribution in [3.05, 3.63) is 71.9 Å². The summed E-state index contributed by atoms with van der Waals surface area (Å²) in [6.45, 7) is 3.15. The van der Waals surface area contributed by atoms with Crippen LogP contribution in [0.25, 0.3) is 10.9 Å². The molecule has 1 amide bonds. The van der Waals surface area contributed by atoms with Crippen LogP contribution in [-0.4, -0.2) is 44.8 Å². The summed E-state index contributed by atoms with van der Waals surface area (Å²) in [6.07, 6.45) is 2.63. The summed E-state index contributed by atoms with van der Waals surface area (Å²) in [4.78, 5) is 22.7. The summed E-state index contributed by atoms with van der Waals surface area (Å²) in [6, 6.07) is 5.78. The average molecular weight is 482 g/mol. The number of benzene rings is 1. The first-order chi connectivity index (χ1) is 16.7. The van der Waals surface area contributed by atoms with Gasteiger partial charge in [-0.1, -0.05) is 6.07 Å². The Morgan fingerprint density at radius 3 is 2.63 bits per heavy atom. The highest BCUT2D eigenvalue weighted by molar-refractivity contribution is 6.04. The zero-order chi connectivity index (χ0) is 24.7. The molecular formula is C24H21F3N6O2. The number of alkyl halides is 3. The van der Waals surface area contributed by atoms with Gasteiger partial charge < -0.3 is 15.0 Å². The second-order valence-electron chi connectivity index (χ2n) is 8.40. The highest BCUT2D eigenvalue weighted by Crippen LogP contribution is 2.32. The monoisotopic (exact) mass is 482 g/mol. The molecule has 0 atom stereocenters. The third-order valence-corrected chi connectivity index (χ3v) is 5.91. The maximum Gasteiger partial charge on any atom is 0.417 e. The van der Waals surface area contributed by atoms with Crippen LogP contribution in [0.3, 0.4) is 0 Å². The first-order valence-electron chi connectivity index (χ1n) is 10.8. The van der Waals surface area contributed by atoms with E-state index in [0.29, 0.717) is 25.0 Å². The van der Waals surface area contributed by atoms with Crippen molar-refractivity contribution in [2.75, 3.05) is 23.3 Å². The number of nitrogens with zero attached hydrogens (tertiary/aromatic N) is 5. The molecule has 1 fully saturated rings. The Bertz CT molecular complexity index is 1410. The van der Waals surface area contributed by atoms with Crippen LogP contribution in [0, 0.1) is 6.92 Å². The number of hydrogen-bond acceptors (Lipinski definition) is 6. The van der Waals surface area contributed by atoms with Crippen LogP contribution in [0.5, 0.6) is 5.75 Å². The van der Waals surface area contributed by atoms with Crippen molar-refractivity contribution in [1.29, 1.82) is 0 Å². The molecule has 11 heteroatoms. The minimum Gasteiger partial charge on any atom is -0.486 e. The smallest absolute Gasteiger partial charge is 0.417 e. The molecule has 1 saturated heterocycles. The quantitative estimate of drug-likeness (QED) is 0.459. The Hall–Kier alpha value is -4.15. The van der Waals surface area contributed by atoms with E-state index in [1.807, 2.05) is 20.2 Å². The molecule has 1 aliphatic rings. The maximum atomic E-state index is 12.9. The Morgan fingerprint density at radius 2 is 1.86 bits per heavy atom. The fourth-order valence-corrected chi connectivity index (χ4v) is 3.92. The van der Waals surface area contributed by atoms with Crippen molar-refractivity contribution in [2.24, 2.45) is 7.05 Å². The van der Waals surface area contributed by atoms with Crippen LogP contribution in [0.15, 0.2) is 55.2 Å². The minimum absolute atomic E-state index is 0.0410. The molecule has 5 rings (SSSR count). The Morgan fingerprint density at radius 1 is 1.09 bits per heavy atom. The van der Waals surface area contributed by atoms with Gasteiger partial charge in [-0.15, -0.1) is 0 Å². The van der Waals surface area contributed by atoms with E-state index in [9.17, 15) is 18.0 Å². The van der Waals surface area contributed by atoms with Crippen molar-refractivity contribution in [1.82, 2.24) is 19.7 Å². The molecule has 0 spiro atoms. The van der Waals surface area contributed by atoms with Gasteiger partial charge in [0.15, 0.2) is 0 Å². The summed E-state index contributed by atoms with van der Waals surface area (Å²) in [7, 11) is 1.87. The molecule has 0 aliphatic carbocycles. The largest absolute Gasteiger partial charge is 0.486 e. The Labute approximate surface area is 198 Å². The van der Waals surface area contributed by atoms with E-state index in [1.54, 1.807) is 35.3 Å². The predicted molar refractivity (Wildman–Crippen MR) is 124 cm³/mol. The molecule has 4 heterocycles. The number of carbonyl (C=O) groups is 1. The number of carbonyl (C=O) groups excluding carboxylic acids is 1. The van der Waals surface area contributed by atoms with Gasteiger partial charge in [0, 0.05) is 24.2 Å². The fourth-order valence-electron chi connectivity index (χ4n) is 3.92. The second kappa shape index (κ2) is 8.57. The van der Waals surface area contributed by atoms with Gasteiger partial charge >= 0.3 is 6.18 Å². The van der Waals surface area contributed by atoms with Gasteiger partial charge in [-0.2, -0.15) is 18.3 Å². The zero-order valence-corrected chi connectivity index (χ0v) is 18.9. The third-order valence-electron chi connectivity index (χ3n) is 5.91. The van der Waals surface area contributed by atoms with Crippen molar-refractivity contribution in [2.45, 2.75) is 19.2 Å². The van der Waals surface area contributed by atoms with E-state index < -0.39 is 17.6 Å². The number of nitrogens with one attached hydrogen (secondary N) is 1. The van der Waals surface area contributed by atoms with Crippen LogP contribution in [0.4, 0.5) is 24.5 Å². The van der Waals surface area contributed by atoms with Gasteiger partial charge in [-0.3, -0.25) is 19.4 Å². The summed E-state index contributed by atoms with van der Waals surface area (Å²) in [5, 5.41) is 7.77. The van der Waals surface area contributed by atoms with E-state index in [-0.39, 0.29) is 17.4 Å². The molecule has 0 saturated carbocycles. The van der Waals surface area contributed by atoms with Gasteiger partial charge in [-0.25, -0.2) is 0 Å². The maximum absolute atomic E-state index is 12.9. The number of anilines is 2. The number of ether oxygens (including phenoxy) is 1. The third kappa shape index (κ3) is 4.48. The van der Waals surface area contributed by atoms with Gasteiger partial charge in [0.05, 0.1) is 60.3 Å². The van der Waals surface area contributed by atoms with E-state index >= 15 is 0 Å². The number of pyridine rings is 2. The number of halogens is 3. The molecule has 4 aromatic rings. The SMILES string of the molecule is Cc1ccc(C(=O)Nc2cncc(C(F)(F)F)c2)cc1OC1CN(c2cncc3c2cnn3C)C1. The standard InChI is InChI=1S/C24H21F3N6O2/c1-14-3-4-15(23(34)31-17-6-16(7-28-8-17)24(25,26)27)5-22(14)35-18-12-33(13-18)21-11-29-10-20-19(21)9-30-32(20)2/h3-11,18H,12-13H2,1-2H3,(H,31,34). The summed E-state index contributed by atoms with van der Waals surface area (Å²) in [5.41, 5.74) is 2.06. The van der Waals surface area contributed by atoms with E-state index in [1.165, 1.54) is 6.20 Å². The molecule has 8 nitrogen and oxygen atoms in total. The van der Waals surface area contributed by atoms with Crippen molar-refractivity contribution in [3.63, 3.8) is 0 Å². The molecule has 0 radical (unpaired) electrons. The first-order valence-corrected chi connectivity index (χ1v) is 10.8. The molecule has 0 bridgehead atoms. The van der Waals surface area contributed by atoms with Gasteiger partial charge in [0.2, 0.25) is 0 Å². The highest BCUT2D eigenvalue weighted by Gasteiger charge is 2.32. The highest BCUT2D eigenvalue weighted by atomic mass is 19.4. The molecule has 1 N–H and O–H groups in total. The molecule has 0 unspecified atom stereocenters. The van der Waals surface area contributed by atoms with E-state index in [4.69, 9.17) is 4.74 Å². The van der Waals surface area contributed by atoms with Crippen molar-refractivity contribution >= 4 is 28.2 Å². The average Bonchev–Trinajstić information content (AvgIpc) is 3.18. The molecule has 3 aromatic heterocycles. The summed E-state index contributed by atoms with van der Waals surface area (Å²) < 4.78 is 46.7. The Kier molecular flexibility index (Phi) is 5.54. The van der Waals surface area contributed by atoms with E-state index in [0.717, 1.165) is 28.2 Å². The summed E-state index contributed by atoms with van der Waals surface area (Å²) in [5.74, 6) is -0.0114. The number of aryl methyl sites for hydroxylation is 2. The predicted octanol–water partition coefficient (Wildman–Crippen LogP) is 4.21. The van der Waals surface area contributed by atoms with Crippen LogP contribution in [-0.2, 0) is 13.2 Å². The van der Waals surface area contributed by atoms with E-state index in [2.05, 4.69) is 25.3 Å². The lowest BCUT2D eigenvalue weighted by Gasteiger charge is -2.41. The lowest BCUT2D eigenvalue weighted by molar-refractivity contribution is -0.137. The van der Waals surface area contributed by atoms with Crippen LogP contribution < -0.4 is 15.0 Å². The zero-order valence-electron chi connectivity index (χ0n) is 18.9. The van der Waals surface area contributed by atoms with Crippen LogP contribution in [0.1, 0.15) is 21.5 Å². The lowest BCUT2D eigenvalue weighted by Crippen LogP contribution is -2.54. The number of hydrogen-bond donors (Lipinski definition) is 1. The normalized spacial score (nSPS) is 14.1. The molecular weight excluding hydrogens is 461 g/mol. The molecule has 1 aromatic carbocycles. The lowest BCUT2D eigenvalue weighted by atomic mass is 10.1. The topological polar surface area (TPSA) is 85.2 Å². The fraction of sp³-hybridized carbons (Fsp3) is 0.250. The van der Waals surface area contributed by atoms with Gasteiger partial charge in [-0.05, 0) is 30.7 Å². The van der Waals surface area contributed by atoms with Crippen molar-refractivity contribution < 1.29 is 22.7 Å². The van der Waals surface area contributed by atoms with Gasteiger partial charge in [0.1, 0.15) is 11.9 Å². The minimum atomic E-state index is -4.55. The number of rotatable bonds is 5. The molecule has 35 heavy (non-hydrogen) atoms. The van der Waals surface area contributed by atoms with Gasteiger partial charge in [0.25, 0.3) is 5.91 Å². The number of aromatic nitrogens is 4. The first kappa shape index (κ1) is 22.6. The summed E-state index contributed by atoms with van der Waals surface area (Å²) >= 11 is 0. The van der Waals surface area contributed by atoms with Crippen LogP contribution >= 0.6 is 0 Å². The van der Waals surface area contributed by atoms with Crippen molar-refractivity contribution in [3.8, 4) is 5.75 Å². The van der Waals surface area contributed by atoms with Crippen LogP contribution in [0.2, 0.25) is 0 Å². The second-order valence-corrected chi connectivity index (χ2v) is 8.40. The Balaban J connectivity index is 1.26. The number of amides is 1. The molecule has 180 valence electrons. The molecule has 1 aliphatic heterocycles.